The van der Waals surface area contributed by atoms with Gasteiger partial charge in [-0.15, -0.1) is 10.2 Å². The molecule has 0 atom stereocenters. The number of H-pyrrole nitrogens is 2. The Hall–Kier alpha value is -3.31. The lowest BCUT2D eigenvalue weighted by Crippen LogP contribution is -2.38. The number of pyridine rings is 1. The summed E-state index contributed by atoms with van der Waals surface area (Å²) in [6.07, 6.45) is 3.15. The highest BCUT2D eigenvalue weighted by Gasteiger charge is 2.32. The van der Waals surface area contributed by atoms with Crippen LogP contribution in [0.15, 0.2) is 57.1 Å². The molecule has 1 fully saturated rings. The largest absolute Gasteiger partial charge is 0.326 e. The van der Waals surface area contributed by atoms with Crippen LogP contribution >= 0.6 is 0 Å². The number of hydrogen-bond donors (Lipinski definition) is 2. The van der Waals surface area contributed by atoms with Crippen LogP contribution < -0.4 is 11.2 Å². The monoisotopic (exact) mass is 426 g/mol. The Labute approximate surface area is 170 Å². The molecule has 0 amide bonds. The fourth-order valence-corrected chi connectivity index (χ4v) is 5.44. The van der Waals surface area contributed by atoms with Crippen LogP contribution in [0.4, 0.5) is 0 Å². The fourth-order valence-electron chi connectivity index (χ4n) is 3.95. The van der Waals surface area contributed by atoms with E-state index in [9.17, 15) is 18.0 Å². The zero-order valence-corrected chi connectivity index (χ0v) is 16.6. The zero-order chi connectivity index (χ0) is 20.9. The highest BCUT2D eigenvalue weighted by Crippen LogP contribution is 2.30. The van der Waals surface area contributed by atoms with Crippen molar-refractivity contribution in [1.82, 2.24) is 28.9 Å². The van der Waals surface area contributed by atoms with Crippen molar-refractivity contribution < 1.29 is 8.42 Å². The first-order valence-electron chi connectivity index (χ1n) is 9.50. The number of aromatic amines is 2. The Morgan fingerprint density at radius 3 is 2.60 bits per heavy atom. The van der Waals surface area contributed by atoms with Gasteiger partial charge in [-0.1, -0.05) is 6.07 Å². The maximum Gasteiger partial charge on any atom is 0.326 e. The molecule has 1 aliphatic rings. The number of nitrogens with one attached hydrogen (secondary N) is 2. The van der Waals surface area contributed by atoms with E-state index < -0.39 is 21.3 Å². The van der Waals surface area contributed by atoms with Crippen LogP contribution in [0.3, 0.4) is 0 Å². The molecule has 154 valence electrons. The van der Waals surface area contributed by atoms with Crippen LogP contribution in [0, 0.1) is 0 Å². The minimum atomic E-state index is -3.77. The molecule has 11 heteroatoms. The van der Waals surface area contributed by atoms with Gasteiger partial charge in [-0.3, -0.25) is 14.2 Å². The maximum absolute atomic E-state index is 13.1. The Bertz CT molecular complexity index is 1480. The van der Waals surface area contributed by atoms with E-state index >= 15 is 0 Å². The lowest BCUT2D eigenvalue weighted by atomic mass is 9.97. The number of sulfonamides is 1. The van der Waals surface area contributed by atoms with Crippen molar-refractivity contribution >= 4 is 26.6 Å². The zero-order valence-electron chi connectivity index (χ0n) is 15.8. The van der Waals surface area contributed by atoms with Crippen LogP contribution in [-0.2, 0) is 10.0 Å². The second kappa shape index (κ2) is 6.89. The van der Waals surface area contributed by atoms with Gasteiger partial charge in [0.2, 0.25) is 10.0 Å². The van der Waals surface area contributed by atoms with E-state index in [4.69, 9.17) is 0 Å². The molecule has 2 N–H and O–H groups in total. The molecule has 0 spiro atoms. The summed E-state index contributed by atoms with van der Waals surface area (Å²) in [6, 6.07) is 9.84. The number of nitrogens with zero attached hydrogens (tertiary/aromatic N) is 4. The second-order valence-electron chi connectivity index (χ2n) is 7.28. The SMILES string of the molecule is O=c1[nH]c(=O)c2cc(S(=O)(=O)N3CCC(c4nnc5ccccn45)CC3)ccc2[nH]1. The highest BCUT2D eigenvalue weighted by molar-refractivity contribution is 7.89. The van der Waals surface area contributed by atoms with Gasteiger partial charge in [0.1, 0.15) is 5.82 Å². The Morgan fingerprint density at radius 2 is 1.80 bits per heavy atom. The molecule has 0 radical (unpaired) electrons. The normalized spacial score (nSPS) is 16.4. The lowest BCUT2D eigenvalue weighted by molar-refractivity contribution is 0.312. The molecule has 1 saturated heterocycles. The average Bonchev–Trinajstić information content (AvgIpc) is 3.17. The smallest absolute Gasteiger partial charge is 0.307 e. The number of rotatable bonds is 3. The van der Waals surface area contributed by atoms with Crippen molar-refractivity contribution in [1.29, 1.82) is 0 Å². The molecule has 4 heterocycles. The van der Waals surface area contributed by atoms with Gasteiger partial charge in [0, 0.05) is 25.2 Å². The van der Waals surface area contributed by atoms with E-state index in [1.807, 2.05) is 28.8 Å². The third-order valence-corrected chi connectivity index (χ3v) is 7.40. The summed E-state index contributed by atoms with van der Waals surface area (Å²) in [5.74, 6) is 0.946. The van der Waals surface area contributed by atoms with Gasteiger partial charge in [0.25, 0.3) is 5.56 Å². The van der Waals surface area contributed by atoms with Gasteiger partial charge in [-0.05, 0) is 43.2 Å². The van der Waals surface area contributed by atoms with E-state index in [0.717, 1.165) is 11.5 Å². The maximum atomic E-state index is 13.1. The molecule has 30 heavy (non-hydrogen) atoms. The summed E-state index contributed by atoms with van der Waals surface area (Å²) in [7, 11) is -3.77. The summed E-state index contributed by atoms with van der Waals surface area (Å²) in [4.78, 5) is 28.1. The molecule has 0 aliphatic carbocycles. The summed E-state index contributed by atoms with van der Waals surface area (Å²) in [5.41, 5.74) is -0.198. The molecular weight excluding hydrogens is 408 g/mol. The molecule has 0 unspecified atom stereocenters. The van der Waals surface area contributed by atoms with Gasteiger partial charge >= 0.3 is 5.69 Å². The predicted molar refractivity (Wildman–Crippen MR) is 109 cm³/mol. The molecule has 0 bridgehead atoms. The Kier molecular flexibility index (Phi) is 4.29. The Morgan fingerprint density at radius 1 is 1.00 bits per heavy atom. The fraction of sp³-hybridized carbons (Fsp3) is 0.263. The molecule has 5 rings (SSSR count). The van der Waals surface area contributed by atoms with Crippen molar-refractivity contribution in [3.05, 3.63) is 69.3 Å². The van der Waals surface area contributed by atoms with Crippen LogP contribution in [0.25, 0.3) is 16.6 Å². The molecule has 1 aromatic carbocycles. The summed E-state index contributed by atoms with van der Waals surface area (Å²) < 4.78 is 29.6. The van der Waals surface area contributed by atoms with Gasteiger partial charge in [-0.25, -0.2) is 13.2 Å². The molecule has 10 nitrogen and oxygen atoms in total. The van der Waals surface area contributed by atoms with Gasteiger partial charge < -0.3 is 4.98 Å². The van der Waals surface area contributed by atoms with Crippen LogP contribution in [0.2, 0.25) is 0 Å². The van der Waals surface area contributed by atoms with E-state index in [1.54, 1.807) is 0 Å². The summed E-state index contributed by atoms with van der Waals surface area (Å²) >= 11 is 0. The molecule has 4 aromatic rings. The molecule has 0 saturated carbocycles. The van der Waals surface area contributed by atoms with Crippen LogP contribution in [-0.4, -0.2) is 50.4 Å². The summed E-state index contributed by atoms with van der Waals surface area (Å²) in [6.45, 7) is 0.684. The predicted octanol–water partition coefficient (Wildman–Crippen LogP) is 0.827. The third kappa shape index (κ3) is 3.02. The number of benzene rings is 1. The number of piperidine rings is 1. The minimum Gasteiger partial charge on any atom is -0.307 e. The third-order valence-electron chi connectivity index (χ3n) is 5.51. The standard InChI is InChI=1S/C19H18N6O4S/c26-18-14-11-13(4-5-15(14)20-19(27)21-18)30(28,29)24-9-6-12(7-10-24)17-23-22-16-3-1-2-8-25(16)17/h1-5,8,11-12H,6-7,9-10H2,(H2,20,21,26,27). The molecule has 3 aromatic heterocycles. The number of fused-ring (bicyclic) bond motifs is 2. The van der Waals surface area contributed by atoms with E-state index in [1.165, 1.54) is 22.5 Å². The van der Waals surface area contributed by atoms with Crippen molar-refractivity contribution in [2.75, 3.05) is 13.1 Å². The number of aromatic nitrogens is 5. The lowest BCUT2D eigenvalue weighted by Gasteiger charge is -2.30. The molecule has 1 aliphatic heterocycles. The van der Waals surface area contributed by atoms with Gasteiger partial charge in [0.05, 0.1) is 15.8 Å². The van der Waals surface area contributed by atoms with Crippen LogP contribution in [0.1, 0.15) is 24.6 Å². The Balaban J connectivity index is 1.41. The minimum absolute atomic E-state index is 0.0268. The summed E-state index contributed by atoms with van der Waals surface area (Å²) in [5, 5.41) is 8.59. The highest BCUT2D eigenvalue weighted by atomic mass is 32.2. The van der Waals surface area contributed by atoms with Crippen molar-refractivity contribution in [2.45, 2.75) is 23.7 Å². The van der Waals surface area contributed by atoms with E-state index in [-0.39, 0.29) is 16.2 Å². The van der Waals surface area contributed by atoms with Gasteiger partial charge in [-0.2, -0.15) is 4.31 Å². The quantitative estimate of drug-likeness (QED) is 0.498. The second-order valence-corrected chi connectivity index (χ2v) is 9.22. The van der Waals surface area contributed by atoms with Crippen molar-refractivity contribution in [3.63, 3.8) is 0 Å². The first kappa shape index (κ1) is 18.7. The molecular formula is C19H18N6O4S. The van der Waals surface area contributed by atoms with Crippen molar-refractivity contribution in [3.8, 4) is 0 Å². The van der Waals surface area contributed by atoms with E-state index in [0.29, 0.717) is 31.4 Å². The number of hydrogen-bond acceptors (Lipinski definition) is 6. The first-order valence-corrected chi connectivity index (χ1v) is 10.9. The van der Waals surface area contributed by atoms with E-state index in [2.05, 4.69) is 20.2 Å². The topological polar surface area (TPSA) is 133 Å². The van der Waals surface area contributed by atoms with Crippen LogP contribution in [0.5, 0.6) is 0 Å². The van der Waals surface area contributed by atoms with Crippen molar-refractivity contribution in [2.24, 2.45) is 0 Å². The average molecular weight is 426 g/mol. The van der Waals surface area contributed by atoms with Gasteiger partial charge in [0.15, 0.2) is 5.65 Å². The first-order chi connectivity index (χ1) is 14.4.